The second-order valence-electron chi connectivity index (χ2n) is 8.34. The van der Waals surface area contributed by atoms with Gasteiger partial charge in [-0.05, 0) is 38.5 Å². The molecule has 1 N–H and O–H groups in total. The molecule has 3 heteroatoms. The van der Waals surface area contributed by atoms with Gasteiger partial charge in [0, 0.05) is 6.42 Å². The molecular weight excluding hydrogens is 322 g/mol. The lowest BCUT2D eigenvalue weighted by Crippen LogP contribution is -2.49. The molecule has 0 aromatic carbocycles. The number of hydrogen-bond donors (Lipinski definition) is 1. The standard InChI is InChI=1S/C23H43NO2/c1-5-6-7-8-9-10-11-12-13-14-15-16-17-18-19-20-21-22(23(25)26)24(2,3)4/h9-10,12-13,22H,5-8,11,14-21H2,1-4H3/p+1/b10-9-,13-12-. The molecule has 0 spiro atoms. The molecule has 0 heterocycles. The van der Waals surface area contributed by atoms with E-state index in [1.165, 1.54) is 57.8 Å². The van der Waals surface area contributed by atoms with E-state index in [1.54, 1.807) is 0 Å². The van der Waals surface area contributed by atoms with E-state index in [-0.39, 0.29) is 6.04 Å². The van der Waals surface area contributed by atoms with Crippen molar-refractivity contribution in [3.05, 3.63) is 24.3 Å². The van der Waals surface area contributed by atoms with Crippen LogP contribution in [0.2, 0.25) is 0 Å². The van der Waals surface area contributed by atoms with Gasteiger partial charge in [0.05, 0.1) is 21.1 Å². The fourth-order valence-corrected chi connectivity index (χ4v) is 3.17. The van der Waals surface area contributed by atoms with Gasteiger partial charge in [-0.1, -0.05) is 69.8 Å². The van der Waals surface area contributed by atoms with Crippen LogP contribution < -0.4 is 0 Å². The number of nitrogens with zero attached hydrogens (tertiary/aromatic N) is 1. The molecule has 0 saturated heterocycles. The molecule has 0 aliphatic rings. The average Bonchev–Trinajstić information content (AvgIpc) is 2.56. The summed E-state index contributed by atoms with van der Waals surface area (Å²) in [6, 6.07) is -0.277. The van der Waals surface area contributed by atoms with Gasteiger partial charge >= 0.3 is 5.97 Å². The van der Waals surface area contributed by atoms with Gasteiger partial charge in [-0.3, -0.25) is 0 Å². The summed E-state index contributed by atoms with van der Waals surface area (Å²) in [5.41, 5.74) is 0. The van der Waals surface area contributed by atoms with Gasteiger partial charge < -0.3 is 9.59 Å². The van der Waals surface area contributed by atoms with Gasteiger partial charge in [0.2, 0.25) is 0 Å². The predicted molar refractivity (Wildman–Crippen MR) is 113 cm³/mol. The molecule has 0 aliphatic heterocycles. The molecule has 0 aliphatic carbocycles. The van der Waals surface area contributed by atoms with Crippen LogP contribution in [0.15, 0.2) is 24.3 Å². The van der Waals surface area contributed by atoms with Gasteiger partial charge in [-0.2, -0.15) is 0 Å². The van der Waals surface area contributed by atoms with E-state index in [4.69, 9.17) is 0 Å². The zero-order valence-electron chi connectivity index (χ0n) is 17.9. The summed E-state index contributed by atoms with van der Waals surface area (Å²) in [7, 11) is 5.90. The Labute approximate surface area is 162 Å². The number of aliphatic carboxylic acids is 1. The van der Waals surface area contributed by atoms with Crippen LogP contribution in [0.5, 0.6) is 0 Å². The first-order chi connectivity index (χ1) is 12.4. The van der Waals surface area contributed by atoms with Crippen LogP contribution in [0.4, 0.5) is 0 Å². The summed E-state index contributed by atoms with van der Waals surface area (Å²) in [5.74, 6) is -0.667. The van der Waals surface area contributed by atoms with Gasteiger partial charge in [-0.25, -0.2) is 4.79 Å². The van der Waals surface area contributed by atoms with Gasteiger partial charge in [0.15, 0.2) is 6.04 Å². The third-order valence-corrected chi connectivity index (χ3v) is 4.90. The Morgan fingerprint density at radius 3 is 1.81 bits per heavy atom. The molecule has 1 atom stereocenters. The maximum atomic E-state index is 11.3. The highest BCUT2D eigenvalue weighted by atomic mass is 16.4. The summed E-state index contributed by atoms with van der Waals surface area (Å²) in [6.07, 6.45) is 24.7. The maximum absolute atomic E-state index is 11.3. The number of quaternary nitrogens is 1. The van der Waals surface area contributed by atoms with Gasteiger partial charge in [0.1, 0.15) is 0 Å². The van der Waals surface area contributed by atoms with Crippen molar-refractivity contribution >= 4 is 5.97 Å². The molecule has 0 amide bonds. The third-order valence-electron chi connectivity index (χ3n) is 4.90. The number of likely N-dealkylation sites (N-methyl/N-ethyl adjacent to an activating group) is 1. The number of carbonyl (C=O) groups is 1. The SMILES string of the molecule is CCCCC/C=C\C/C=C\CCCCCCCCC(C(=O)O)[N+](C)(C)C. The number of hydrogen-bond acceptors (Lipinski definition) is 1. The van der Waals surface area contributed by atoms with Crippen LogP contribution in [0.3, 0.4) is 0 Å². The monoisotopic (exact) mass is 366 g/mol. The molecule has 3 nitrogen and oxygen atoms in total. The average molecular weight is 367 g/mol. The molecule has 0 saturated carbocycles. The minimum absolute atomic E-state index is 0.277. The summed E-state index contributed by atoms with van der Waals surface area (Å²) in [5, 5.41) is 9.31. The van der Waals surface area contributed by atoms with Crippen molar-refractivity contribution in [1.82, 2.24) is 0 Å². The second kappa shape index (κ2) is 16.1. The predicted octanol–water partition coefficient (Wildman–Crippen LogP) is 6.35. The lowest BCUT2D eigenvalue weighted by atomic mass is 10.0. The van der Waals surface area contributed by atoms with E-state index in [9.17, 15) is 9.90 Å². The molecule has 0 fully saturated rings. The van der Waals surface area contributed by atoms with Crippen molar-refractivity contribution < 1.29 is 14.4 Å². The van der Waals surface area contributed by atoms with Crippen LogP contribution in [-0.2, 0) is 4.79 Å². The molecule has 26 heavy (non-hydrogen) atoms. The highest BCUT2D eigenvalue weighted by Gasteiger charge is 2.30. The van der Waals surface area contributed by atoms with Crippen LogP contribution in [0.1, 0.15) is 90.4 Å². The van der Waals surface area contributed by atoms with Gasteiger partial charge in [0.25, 0.3) is 0 Å². The minimum Gasteiger partial charge on any atom is -0.477 e. The molecule has 0 bridgehead atoms. The molecule has 0 aromatic heterocycles. The zero-order valence-corrected chi connectivity index (χ0v) is 17.9. The van der Waals surface area contributed by atoms with E-state index in [0.29, 0.717) is 4.48 Å². The number of unbranched alkanes of at least 4 members (excludes halogenated alkanes) is 9. The molecule has 0 radical (unpaired) electrons. The Bertz CT molecular complexity index is 394. The quantitative estimate of drug-likeness (QED) is 0.185. The summed E-state index contributed by atoms with van der Waals surface area (Å²) in [4.78, 5) is 11.3. The maximum Gasteiger partial charge on any atom is 0.362 e. The Kier molecular flexibility index (Phi) is 15.4. The highest BCUT2D eigenvalue weighted by molar-refractivity contribution is 5.72. The Hall–Kier alpha value is -1.09. The molecule has 0 rings (SSSR count). The largest absolute Gasteiger partial charge is 0.477 e. The van der Waals surface area contributed by atoms with Crippen molar-refractivity contribution in [2.75, 3.05) is 21.1 Å². The minimum atomic E-state index is -0.667. The van der Waals surface area contributed by atoms with Crippen LogP contribution >= 0.6 is 0 Å². The van der Waals surface area contributed by atoms with Crippen LogP contribution in [-0.4, -0.2) is 42.7 Å². The molecular formula is C23H44NO2+. The van der Waals surface area contributed by atoms with E-state index in [1.807, 2.05) is 21.1 Å². The van der Waals surface area contributed by atoms with E-state index in [2.05, 4.69) is 31.2 Å². The first-order valence-corrected chi connectivity index (χ1v) is 10.7. The van der Waals surface area contributed by atoms with Crippen molar-refractivity contribution in [3.63, 3.8) is 0 Å². The topological polar surface area (TPSA) is 37.3 Å². The normalized spacial score (nSPS) is 13.7. The molecule has 1 unspecified atom stereocenters. The summed E-state index contributed by atoms with van der Waals surface area (Å²) in [6.45, 7) is 2.24. The third kappa shape index (κ3) is 15.2. The van der Waals surface area contributed by atoms with Crippen LogP contribution in [0.25, 0.3) is 0 Å². The van der Waals surface area contributed by atoms with Gasteiger partial charge in [-0.15, -0.1) is 0 Å². The Morgan fingerprint density at radius 1 is 0.808 bits per heavy atom. The number of carboxylic acid groups (broad SMARTS) is 1. The lowest BCUT2D eigenvalue weighted by molar-refractivity contribution is -0.887. The Morgan fingerprint density at radius 2 is 1.31 bits per heavy atom. The van der Waals surface area contributed by atoms with Crippen molar-refractivity contribution in [1.29, 1.82) is 0 Å². The fraction of sp³-hybridized carbons (Fsp3) is 0.783. The van der Waals surface area contributed by atoms with Crippen LogP contribution in [0, 0.1) is 0 Å². The van der Waals surface area contributed by atoms with Crippen molar-refractivity contribution in [2.45, 2.75) is 96.4 Å². The first kappa shape index (κ1) is 24.9. The first-order valence-electron chi connectivity index (χ1n) is 10.7. The molecule has 0 aromatic rings. The van der Waals surface area contributed by atoms with E-state index >= 15 is 0 Å². The number of rotatable bonds is 17. The smallest absolute Gasteiger partial charge is 0.362 e. The summed E-state index contributed by atoms with van der Waals surface area (Å²) < 4.78 is 0.510. The second-order valence-corrected chi connectivity index (χ2v) is 8.34. The zero-order chi connectivity index (χ0) is 19.7. The Balaban J connectivity index is 3.48. The lowest BCUT2D eigenvalue weighted by Gasteiger charge is -2.31. The van der Waals surface area contributed by atoms with Crippen molar-refractivity contribution in [2.24, 2.45) is 0 Å². The highest BCUT2D eigenvalue weighted by Crippen LogP contribution is 2.15. The number of carboxylic acids is 1. The fourth-order valence-electron chi connectivity index (χ4n) is 3.17. The van der Waals surface area contributed by atoms with Crippen molar-refractivity contribution in [3.8, 4) is 0 Å². The molecule has 152 valence electrons. The summed E-state index contributed by atoms with van der Waals surface area (Å²) >= 11 is 0. The van der Waals surface area contributed by atoms with E-state index < -0.39 is 5.97 Å². The van der Waals surface area contributed by atoms with E-state index in [0.717, 1.165) is 25.7 Å². The number of allylic oxidation sites excluding steroid dienone is 4.